The SMILES string of the molecule is C=Cc1ccc(OC)c(OCC2CN(C(=O)OC(C)(C)C)C2)c1Br. The number of hydrogen-bond acceptors (Lipinski definition) is 4. The number of nitrogens with zero attached hydrogens (tertiary/aromatic N) is 1. The Hall–Kier alpha value is -1.69. The highest BCUT2D eigenvalue weighted by molar-refractivity contribution is 9.10. The van der Waals surface area contributed by atoms with Crippen molar-refractivity contribution in [2.24, 2.45) is 5.92 Å². The summed E-state index contributed by atoms with van der Waals surface area (Å²) in [4.78, 5) is 13.6. The first-order valence-electron chi connectivity index (χ1n) is 7.84. The summed E-state index contributed by atoms with van der Waals surface area (Å²) in [6.07, 6.45) is 1.48. The normalized spacial score (nSPS) is 14.8. The molecular weight excluding hydrogens is 374 g/mol. The molecule has 1 heterocycles. The standard InChI is InChI=1S/C18H24BrNO4/c1-6-13-7-8-14(22-5)16(15(13)19)23-11-12-9-20(10-12)17(21)24-18(2,3)4/h6-8,12H,1,9-11H2,2-5H3. The minimum absolute atomic E-state index is 0.272. The molecule has 1 saturated heterocycles. The number of likely N-dealkylation sites (tertiary alicyclic amines) is 1. The third-order valence-corrected chi connectivity index (χ3v) is 4.42. The van der Waals surface area contributed by atoms with Gasteiger partial charge < -0.3 is 19.1 Å². The smallest absolute Gasteiger partial charge is 0.410 e. The molecule has 2 rings (SSSR count). The van der Waals surface area contributed by atoms with E-state index in [1.165, 1.54) is 0 Å². The van der Waals surface area contributed by atoms with E-state index in [1.54, 1.807) is 18.1 Å². The van der Waals surface area contributed by atoms with Crippen LogP contribution in [-0.4, -0.2) is 43.4 Å². The molecule has 6 heteroatoms. The average Bonchev–Trinajstić information content (AvgIpc) is 2.44. The minimum atomic E-state index is -0.470. The van der Waals surface area contributed by atoms with Crippen molar-refractivity contribution >= 4 is 28.1 Å². The van der Waals surface area contributed by atoms with Gasteiger partial charge >= 0.3 is 6.09 Å². The predicted molar refractivity (Wildman–Crippen MR) is 97.6 cm³/mol. The van der Waals surface area contributed by atoms with E-state index in [4.69, 9.17) is 14.2 Å². The number of hydrogen-bond donors (Lipinski definition) is 0. The molecule has 5 nitrogen and oxygen atoms in total. The molecule has 0 aliphatic carbocycles. The third kappa shape index (κ3) is 4.44. The second kappa shape index (κ2) is 7.47. The molecule has 1 fully saturated rings. The van der Waals surface area contributed by atoms with Gasteiger partial charge in [0, 0.05) is 19.0 Å². The Bertz CT molecular complexity index is 618. The van der Waals surface area contributed by atoms with Crippen molar-refractivity contribution in [3.05, 3.63) is 28.7 Å². The first-order valence-corrected chi connectivity index (χ1v) is 8.64. The van der Waals surface area contributed by atoms with Gasteiger partial charge in [-0.25, -0.2) is 4.79 Å². The summed E-state index contributed by atoms with van der Waals surface area (Å²) < 4.78 is 17.5. The van der Waals surface area contributed by atoms with Crippen molar-refractivity contribution < 1.29 is 19.0 Å². The van der Waals surface area contributed by atoms with E-state index in [1.807, 2.05) is 32.9 Å². The monoisotopic (exact) mass is 397 g/mol. The van der Waals surface area contributed by atoms with Gasteiger partial charge in [-0.1, -0.05) is 12.7 Å². The highest BCUT2D eigenvalue weighted by Gasteiger charge is 2.34. The van der Waals surface area contributed by atoms with Crippen LogP contribution in [-0.2, 0) is 4.74 Å². The maximum atomic E-state index is 11.9. The molecular formula is C18H24BrNO4. The van der Waals surface area contributed by atoms with Crippen molar-refractivity contribution in [3.63, 3.8) is 0 Å². The summed E-state index contributed by atoms with van der Waals surface area (Å²) >= 11 is 3.53. The van der Waals surface area contributed by atoms with Gasteiger partial charge in [0.2, 0.25) is 0 Å². The molecule has 132 valence electrons. The van der Waals surface area contributed by atoms with E-state index in [0.717, 1.165) is 10.0 Å². The van der Waals surface area contributed by atoms with E-state index in [2.05, 4.69) is 22.5 Å². The molecule has 1 aromatic rings. The van der Waals surface area contributed by atoms with Crippen LogP contribution < -0.4 is 9.47 Å². The molecule has 24 heavy (non-hydrogen) atoms. The zero-order chi connectivity index (χ0) is 17.9. The van der Waals surface area contributed by atoms with Crippen LogP contribution in [0.15, 0.2) is 23.2 Å². The van der Waals surface area contributed by atoms with Crippen molar-refractivity contribution in [2.45, 2.75) is 26.4 Å². The Kier molecular flexibility index (Phi) is 5.80. The molecule has 0 N–H and O–H groups in total. The fourth-order valence-electron chi connectivity index (χ4n) is 2.36. The van der Waals surface area contributed by atoms with Crippen molar-refractivity contribution in [3.8, 4) is 11.5 Å². The number of benzene rings is 1. The van der Waals surface area contributed by atoms with E-state index < -0.39 is 5.60 Å². The number of rotatable bonds is 5. The number of methoxy groups -OCH3 is 1. The van der Waals surface area contributed by atoms with Crippen LogP contribution in [0.3, 0.4) is 0 Å². The van der Waals surface area contributed by atoms with Crippen LogP contribution in [0.2, 0.25) is 0 Å². The second-order valence-corrected chi connectivity index (χ2v) is 7.56. The third-order valence-electron chi connectivity index (χ3n) is 3.60. The maximum absolute atomic E-state index is 11.9. The molecule has 0 unspecified atom stereocenters. The molecule has 0 bridgehead atoms. The van der Waals surface area contributed by atoms with Crippen LogP contribution in [0, 0.1) is 5.92 Å². The van der Waals surface area contributed by atoms with Gasteiger partial charge in [0.05, 0.1) is 18.2 Å². The summed E-state index contributed by atoms with van der Waals surface area (Å²) in [5.41, 5.74) is 0.469. The fraction of sp³-hybridized carbons (Fsp3) is 0.500. The van der Waals surface area contributed by atoms with E-state index >= 15 is 0 Å². The van der Waals surface area contributed by atoms with Gasteiger partial charge in [-0.2, -0.15) is 0 Å². The number of halogens is 1. The topological polar surface area (TPSA) is 48.0 Å². The van der Waals surface area contributed by atoms with Crippen molar-refractivity contribution in [1.82, 2.24) is 4.90 Å². The zero-order valence-electron chi connectivity index (χ0n) is 14.6. The van der Waals surface area contributed by atoms with Crippen molar-refractivity contribution in [2.75, 3.05) is 26.8 Å². The minimum Gasteiger partial charge on any atom is -0.493 e. The summed E-state index contributed by atoms with van der Waals surface area (Å²) in [5, 5.41) is 0. The van der Waals surface area contributed by atoms with Gasteiger partial charge in [-0.3, -0.25) is 0 Å². The van der Waals surface area contributed by atoms with Crippen LogP contribution in [0.25, 0.3) is 6.08 Å². The second-order valence-electron chi connectivity index (χ2n) is 6.77. The van der Waals surface area contributed by atoms with Crippen molar-refractivity contribution in [1.29, 1.82) is 0 Å². The number of carbonyl (C=O) groups is 1. The van der Waals surface area contributed by atoms with E-state index in [0.29, 0.717) is 31.2 Å². The van der Waals surface area contributed by atoms with E-state index in [9.17, 15) is 4.79 Å². The van der Waals surface area contributed by atoms with Gasteiger partial charge in [-0.05, 0) is 54.4 Å². The number of ether oxygens (including phenoxy) is 3. The Morgan fingerprint density at radius 1 is 1.42 bits per heavy atom. The molecule has 1 aliphatic rings. The fourth-order valence-corrected chi connectivity index (χ4v) is 2.96. The summed E-state index contributed by atoms with van der Waals surface area (Å²) in [6.45, 7) is 11.2. The van der Waals surface area contributed by atoms with Gasteiger partial charge in [0.1, 0.15) is 5.60 Å². The molecule has 0 spiro atoms. The first kappa shape index (κ1) is 18.6. The summed E-state index contributed by atoms with van der Waals surface area (Å²) in [5.74, 6) is 1.60. The average molecular weight is 398 g/mol. The first-order chi connectivity index (χ1) is 11.2. The van der Waals surface area contributed by atoms with E-state index in [-0.39, 0.29) is 12.0 Å². The Morgan fingerprint density at radius 3 is 2.62 bits per heavy atom. The van der Waals surface area contributed by atoms with Crippen LogP contribution in [0.4, 0.5) is 4.79 Å². The Morgan fingerprint density at radius 2 is 2.08 bits per heavy atom. The molecule has 0 radical (unpaired) electrons. The lowest BCUT2D eigenvalue weighted by Crippen LogP contribution is -2.53. The highest BCUT2D eigenvalue weighted by atomic mass is 79.9. The zero-order valence-corrected chi connectivity index (χ0v) is 16.2. The molecule has 1 aromatic carbocycles. The molecule has 1 amide bonds. The number of carbonyl (C=O) groups excluding carboxylic acids is 1. The lowest BCUT2D eigenvalue weighted by Gasteiger charge is -2.39. The largest absolute Gasteiger partial charge is 0.493 e. The summed E-state index contributed by atoms with van der Waals surface area (Å²) in [7, 11) is 1.61. The molecule has 0 atom stereocenters. The van der Waals surface area contributed by atoms with Crippen LogP contribution in [0.5, 0.6) is 11.5 Å². The quantitative estimate of drug-likeness (QED) is 0.740. The van der Waals surface area contributed by atoms with Gasteiger partial charge in [-0.15, -0.1) is 0 Å². The van der Waals surface area contributed by atoms with Gasteiger partial charge in [0.25, 0.3) is 0 Å². The lowest BCUT2D eigenvalue weighted by atomic mass is 10.0. The molecule has 0 saturated carbocycles. The Balaban J connectivity index is 1.90. The molecule has 0 aromatic heterocycles. The number of amides is 1. The van der Waals surface area contributed by atoms with Crippen LogP contribution >= 0.6 is 15.9 Å². The lowest BCUT2D eigenvalue weighted by molar-refractivity contribution is -0.00801. The summed E-state index contributed by atoms with van der Waals surface area (Å²) in [6, 6.07) is 3.77. The predicted octanol–water partition coefficient (Wildman–Crippen LogP) is 4.35. The highest BCUT2D eigenvalue weighted by Crippen LogP contribution is 2.38. The van der Waals surface area contributed by atoms with Gasteiger partial charge in [0.15, 0.2) is 11.5 Å². The Labute approximate surface area is 151 Å². The maximum Gasteiger partial charge on any atom is 0.410 e. The molecule has 1 aliphatic heterocycles. The van der Waals surface area contributed by atoms with Crippen LogP contribution in [0.1, 0.15) is 26.3 Å².